The van der Waals surface area contributed by atoms with Gasteiger partial charge in [-0.25, -0.2) is 0 Å². The third-order valence-corrected chi connectivity index (χ3v) is 10.2. The van der Waals surface area contributed by atoms with Crippen LogP contribution < -0.4 is 0 Å². The molecule has 2 nitrogen and oxygen atoms in total. The van der Waals surface area contributed by atoms with E-state index in [0.717, 1.165) is 42.1 Å². The van der Waals surface area contributed by atoms with Gasteiger partial charge in [-0.2, -0.15) is 0 Å². The van der Waals surface area contributed by atoms with Crippen LogP contribution in [0, 0.1) is 46.3 Å². The number of fused-ring (bicyclic) bond motifs is 5. The van der Waals surface area contributed by atoms with Crippen molar-refractivity contribution in [3.8, 4) is 0 Å². The molecule has 0 heterocycles. The van der Waals surface area contributed by atoms with E-state index in [2.05, 4.69) is 34.6 Å². The summed E-state index contributed by atoms with van der Waals surface area (Å²) in [7, 11) is 0. The standard InChI is InChI=1S/C27H44O2/c1-17(2)7-6-8-18(3)21-9-10-22-20-16-25(29)24-15-19(28)11-13-27(24,5)23(20)12-14-26(21,22)4/h15,17-18,20-23,25,29H,6-14,16H2,1-5H3/t18?,20?,21-,22?,23?,25+,26-,27-/m1/s1. The Morgan fingerprint density at radius 1 is 1.07 bits per heavy atom. The Balaban J connectivity index is 1.53. The van der Waals surface area contributed by atoms with Crippen LogP contribution in [-0.4, -0.2) is 17.0 Å². The molecule has 4 rings (SSSR count). The van der Waals surface area contributed by atoms with Gasteiger partial charge in [-0.3, -0.25) is 4.79 Å². The highest BCUT2D eigenvalue weighted by Gasteiger charge is 2.60. The topological polar surface area (TPSA) is 37.3 Å². The second kappa shape index (κ2) is 7.81. The van der Waals surface area contributed by atoms with E-state index in [4.69, 9.17) is 0 Å². The van der Waals surface area contributed by atoms with Crippen LogP contribution in [0.25, 0.3) is 0 Å². The Morgan fingerprint density at radius 2 is 1.83 bits per heavy atom. The van der Waals surface area contributed by atoms with Crippen LogP contribution in [0.4, 0.5) is 0 Å². The Morgan fingerprint density at radius 3 is 2.55 bits per heavy atom. The van der Waals surface area contributed by atoms with Crippen molar-refractivity contribution in [3.63, 3.8) is 0 Å². The zero-order chi connectivity index (χ0) is 21.0. The minimum Gasteiger partial charge on any atom is -0.389 e. The molecule has 2 heteroatoms. The van der Waals surface area contributed by atoms with Gasteiger partial charge in [0.15, 0.2) is 5.78 Å². The number of ketones is 1. The van der Waals surface area contributed by atoms with E-state index in [-0.39, 0.29) is 11.2 Å². The number of aliphatic hydroxyl groups excluding tert-OH is 1. The predicted molar refractivity (Wildman–Crippen MR) is 119 cm³/mol. The normalized spacial score (nSPS) is 45.4. The summed E-state index contributed by atoms with van der Waals surface area (Å²) in [4.78, 5) is 12.1. The van der Waals surface area contributed by atoms with Crippen LogP contribution in [0.5, 0.6) is 0 Å². The van der Waals surface area contributed by atoms with Gasteiger partial charge in [-0.15, -0.1) is 0 Å². The van der Waals surface area contributed by atoms with Crippen LogP contribution in [-0.2, 0) is 4.79 Å². The molecule has 29 heavy (non-hydrogen) atoms. The molecule has 164 valence electrons. The summed E-state index contributed by atoms with van der Waals surface area (Å²) in [6.07, 6.45) is 13.5. The third-order valence-electron chi connectivity index (χ3n) is 10.2. The van der Waals surface area contributed by atoms with Crippen LogP contribution in [0.15, 0.2) is 11.6 Å². The van der Waals surface area contributed by atoms with Crippen molar-refractivity contribution in [1.29, 1.82) is 0 Å². The maximum atomic E-state index is 12.1. The minimum absolute atomic E-state index is 0.0541. The number of carbonyl (C=O) groups is 1. The lowest BCUT2D eigenvalue weighted by atomic mass is 9.46. The van der Waals surface area contributed by atoms with Crippen molar-refractivity contribution in [2.75, 3.05) is 0 Å². The molecule has 0 aliphatic heterocycles. The Labute approximate surface area is 178 Å². The zero-order valence-corrected chi connectivity index (χ0v) is 19.5. The lowest BCUT2D eigenvalue weighted by molar-refractivity contribution is -0.119. The number of rotatable bonds is 5. The van der Waals surface area contributed by atoms with Crippen LogP contribution in [0.2, 0.25) is 0 Å². The molecule has 8 atom stereocenters. The van der Waals surface area contributed by atoms with Gasteiger partial charge in [-0.05, 0) is 96.5 Å². The van der Waals surface area contributed by atoms with Crippen molar-refractivity contribution in [2.24, 2.45) is 46.3 Å². The number of hydrogen-bond donors (Lipinski definition) is 1. The van der Waals surface area contributed by atoms with Gasteiger partial charge in [0.2, 0.25) is 0 Å². The van der Waals surface area contributed by atoms with E-state index < -0.39 is 6.10 Å². The molecule has 0 amide bonds. The molecule has 4 unspecified atom stereocenters. The summed E-state index contributed by atoms with van der Waals surface area (Å²) in [5.74, 6) is 4.81. The fourth-order valence-corrected chi connectivity index (χ4v) is 8.63. The van der Waals surface area contributed by atoms with Gasteiger partial charge in [0.25, 0.3) is 0 Å². The largest absolute Gasteiger partial charge is 0.389 e. The van der Waals surface area contributed by atoms with Gasteiger partial charge in [-0.1, -0.05) is 53.9 Å². The lowest BCUT2D eigenvalue weighted by Crippen LogP contribution is -2.54. The van der Waals surface area contributed by atoms with Gasteiger partial charge < -0.3 is 5.11 Å². The molecule has 3 saturated carbocycles. The molecule has 0 aromatic rings. The molecule has 0 bridgehead atoms. The first-order chi connectivity index (χ1) is 13.7. The van der Waals surface area contributed by atoms with E-state index >= 15 is 0 Å². The predicted octanol–water partition coefficient (Wildman–Crippen LogP) is 6.57. The fraction of sp³-hybridized carbons (Fsp3) is 0.889. The van der Waals surface area contributed by atoms with Gasteiger partial charge in [0, 0.05) is 6.42 Å². The van der Waals surface area contributed by atoms with Crippen LogP contribution in [0.3, 0.4) is 0 Å². The number of carbonyl (C=O) groups excluding carboxylic acids is 1. The summed E-state index contributed by atoms with van der Waals surface area (Å²) in [5, 5.41) is 11.1. The van der Waals surface area contributed by atoms with E-state index in [9.17, 15) is 9.90 Å². The zero-order valence-electron chi connectivity index (χ0n) is 19.5. The van der Waals surface area contributed by atoms with E-state index in [1.54, 1.807) is 0 Å². The molecule has 0 saturated heterocycles. The summed E-state index contributed by atoms with van der Waals surface area (Å²) in [6.45, 7) is 12.2. The maximum absolute atomic E-state index is 12.1. The summed E-state index contributed by atoms with van der Waals surface area (Å²) < 4.78 is 0. The fourth-order valence-electron chi connectivity index (χ4n) is 8.63. The molecule has 4 aliphatic carbocycles. The molecule has 0 radical (unpaired) electrons. The second-order valence-corrected chi connectivity index (χ2v) is 12.1. The molecule has 3 fully saturated rings. The molecule has 0 aromatic carbocycles. The van der Waals surface area contributed by atoms with Gasteiger partial charge >= 0.3 is 0 Å². The molecule has 0 aromatic heterocycles. The molecule has 1 N–H and O–H groups in total. The van der Waals surface area contributed by atoms with Crippen LogP contribution >= 0.6 is 0 Å². The Hall–Kier alpha value is -0.630. The Bertz CT molecular complexity index is 663. The van der Waals surface area contributed by atoms with Gasteiger partial charge in [0.1, 0.15) is 0 Å². The highest BCUT2D eigenvalue weighted by Crippen LogP contribution is 2.67. The van der Waals surface area contributed by atoms with Crippen molar-refractivity contribution in [2.45, 2.75) is 105 Å². The van der Waals surface area contributed by atoms with E-state index in [0.29, 0.717) is 23.7 Å². The van der Waals surface area contributed by atoms with E-state index in [1.165, 1.54) is 44.9 Å². The van der Waals surface area contributed by atoms with E-state index in [1.807, 2.05) is 6.08 Å². The SMILES string of the molecule is CC(C)CCCC(C)[C@H]1CCC2C3C[C@H](O)C4=CC(=O)CC[C@]4(C)C3CC[C@@]21C. The first-order valence-electron chi connectivity index (χ1n) is 12.6. The van der Waals surface area contributed by atoms with Crippen molar-refractivity contribution < 1.29 is 9.90 Å². The first kappa shape index (κ1) is 21.6. The van der Waals surface area contributed by atoms with Crippen LogP contribution in [0.1, 0.15) is 98.8 Å². The first-order valence-corrected chi connectivity index (χ1v) is 12.6. The van der Waals surface area contributed by atoms with Gasteiger partial charge in [0.05, 0.1) is 6.10 Å². The highest BCUT2D eigenvalue weighted by molar-refractivity contribution is 5.91. The smallest absolute Gasteiger partial charge is 0.155 e. The maximum Gasteiger partial charge on any atom is 0.155 e. The summed E-state index contributed by atoms with van der Waals surface area (Å²) in [5.41, 5.74) is 1.59. The minimum atomic E-state index is -0.393. The quantitative estimate of drug-likeness (QED) is 0.567. The average molecular weight is 401 g/mol. The highest BCUT2D eigenvalue weighted by atomic mass is 16.3. The monoisotopic (exact) mass is 400 g/mol. The molecular formula is C27H44O2. The molecule has 4 aliphatic rings. The molecule has 0 spiro atoms. The molecular weight excluding hydrogens is 356 g/mol. The summed E-state index contributed by atoms with van der Waals surface area (Å²) >= 11 is 0. The average Bonchev–Trinajstić information content (AvgIpc) is 3.00. The Kier molecular flexibility index (Phi) is 5.82. The number of aliphatic hydroxyl groups is 1. The van der Waals surface area contributed by atoms with Crippen molar-refractivity contribution in [3.05, 3.63) is 11.6 Å². The summed E-state index contributed by atoms with van der Waals surface area (Å²) in [6, 6.07) is 0. The number of hydrogen-bond acceptors (Lipinski definition) is 2. The van der Waals surface area contributed by atoms with Crippen molar-refractivity contribution in [1.82, 2.24) is 0 Å². The third kappa shape index (κ3) is 3.56. The van der Waals surface area contributed by atoms with Crippen molar-refractivity contribution >= 4 is 5.78 Å². The lowest BCUT2D eigenvalue weighted by Gasteiger charge is -2.59. The second-order valence-electron chi connectivity index (χ2n) is 12.1.